The monoisotopic (exact) mass is 483 g/mol. The summed E-state index contributed by atoms with van der Waals surface area (Å²) >= 11 is 0. The molecule has 0 unspecified atom stereocenters. The molecule has 11 heteroatoms. The minimum Gasteiger partial charge on any atom is -0.496 e. The quantitative estimate of drug-likeness (QED) is 0.376. The van der Waals surface area contributed by atoms with Gasteiger partial charge in [-0.2, -0.15) is 0 Å². The number of unbranched alkanes of at least 4 members (excludes halogenated alkanes) is 1. The average Bonchev–Trinajstić information content (AvgIpc) is 3.38. The molecule has 3 aromatic rings. The number of nitrogen functional groups attached to an aromatic ring is 1. The van der Waals surface area contributed by atoms with E-state index in [-0.39, 0.29) is 36.8 Å². The highest BCUT2D eigenvalue weighted by molar-refractivity contribution is 5.96. The van der Waals surface area contributed by atoms with Crippen molar-refractivity contribution in [3.63, 3.8) is 0 Å². The zero-order valence-corrected chi connectivity index (χ0v) is 19.7. The molecular formula is C24H29N5O6. The third-order valence-corrected chi connectivity index (χ3v) is 5.41. The molecule has 2 aromatic heterocycles. The summed E-state index contributed by atoms with van der Waals surface area (Å²) in [5.41, 5.74) is 5.35. The van der Waals surface area contributed by atoms with Crippen LogP contribution in [0.15, 0.2) is 56.7 Å². The van der Waals surface area contributed by atoms with Gasteiger partial charge in [-0.15, -0.1) is 0 Å². The maximum absolute atomic E-state index is 13.3. The number of para-hydroxylation sites is 1. The van der Waals surface area contributed by atoms with Gasteiger partial charge >= 0.3 is 5.69 Å². The molecule has 186 valence electrons. The molecule has 0 atom stereocenters. The third kappa shape index (κ3) is 5.99. The van der Waals surface area contributed by atoms with Crippen LogP contribution in [0, 0.1) is 0 Å². The van der Waals surface area contributed by atoms with Crippen LogP contribution in [0.5, 0.6) is 5.75 Å². The van der Waals surface area contributed by atoms with Crippen molar-refractivity contribution in [3.05, 3.63) is 74.8 Å². The van der Waals surface area contributed by atoms with E-state index in [0.717, 1.165) is 6.42 Å². The number of carbonyl (C=O) groups excluding carboxylic acids is 2. The first-order valence-corrected chi connectivity index (χ1v) is 11.2. The lowest BCUT2D eigenvalue weighted by molar-refractivity contribution is -0.118. The number of anilines is 2. The number of aromatic nitrogens is 2. The minimum atomic E-state index is -0.775. The highest BCUT2D eigenvalue weighted by Crippen LogP contribution is 2.25. The second kappa shape index (κ2) is 11.7. The van der Waals surface area contributed by atoms with E-state index in [0.29, 0.717) is 24.3 Å². The lowest BCUT2D eigenvalue weighted by Crippen LogP contribution is -2.42. The van der Waals surface area contributed by atoms with Crippen molar-refractivity contribution in [2.75, 3.05) is 24.3 Å². The van der Waals surface area contributed by atoms with Crippen molar-refractivity contribution >= 4 is 23.3 Å². The molecule has 0 bridgehead atoms. The maximum Gasteiger partial charge on any atom is 0.330 e. The van der Waals surface area contributed by atoms with Crippen molar-refractivity contribution in [1.29, 1.82) is 0 Å². The SMILES string of the molecule is CCCCn1c(N)c(N(Cc2ccccc2OC)C(=O)CCNC(=O)c2ccco2)c(=O)[nH]c1=O. The summed E-state index contributed by atoms with van der Waals surface area (Å²) in [5.74, 6) is -0.411. The Bertz CT molecular complexity index is 1280. The van der Waals surface area contributed by atoms with E-state index in [1.165, 1.54) is 28.9 Å². The minimum absolute atomic E-state index is 0.00588. The molecule has 0 radical (unpaired) electrons. The molecule has 0 saturated heterocycles. The fraction of sp³-hybridized carbons (Fsp3) is 0.333. The summed E-state index contributed by atoms with van der Waals surface area (Å²) in [7, 11) is 1.50. The fourth-order valence-electron chi connectivity index (χ4n) is 3.59. The number of hydrogen-bond acceptors (Lipinski definition) is 7. The van der Waals surface area contributed by atoms with E-state index in [1.807, 2.05) is 6.92 Å². The number of methoxy groups -OCH3 is 1. The van der Waals surface area contributed by atoms with Crippen LogP contribution in [0.3, 0.4) is 0 Å². The van der Waals surface area contributed by atoms with Gasteiger partial charge in [-0.05, 0) is 24.6 Å². The van der Waals surface area contributed by atoms with Gasteiger partial charge in [0.15, 0.2) is 11.4 Å². The first kappa shape index (κ1) is 25.3. The second-order valence-electron chi connectivity index (χ2n) is 7.77. The molecule has 11 nitrogen and oxygen atoms in total. The number of rotatable bonds is 11. The zero-order valence-electron chi connectivity index (χ0n) is 19.7. The van der Waals surface area contributed by atoms with Gasteiger partial charge in [-0.1, -0.05) is 31.5 Å². The van der Waals surface area contributed by atoms with Crippen molar-refractivity contribution < 1.29 is 18.7 Å². The smallest absolute Gasteiger partial charge is 0.330 e. The lowest BCUT2D eigenvalue weighted by Gasteiger charge is -2.25. The number of furan rings is 1. The van der Waals surface area contributed by atoms with Gasteiger partial charge in [0, 0.05) is 25.1 Å². The third-order valence-electron chi connectivity index (χ3n) is 5.41. The molecule has 35 heavy (non-hydrogen) atoms. The number of carbonyl (C=O) groups is 2. The molecule has 0 aliphatic rings. The summed E-state index contributed by atoms with van der Waals surface area (Å²) in [6, 6.07) is 10.1. The van der Waals surface area contributed by atoms with Gasteiger partial charge in [-0.3, -0.25) is 28.8 Å². The van der Waals surface area contributed by atoms with E-state index in [9.17, 15) is 19.2 Å². The molecule has 1 aromatic carbocycles. The summed E-state index contributed by atoms with van der Waals surface area (Å²) in [4.78, 5) is 54.2. The summed E-state index contributed by atoms with van der Waals surface area (Å²) < 4.78 is 11.7. The van der Waals surface area contributed by atoms with Gasteiger partial charge in [-0.25, -0.2) is 4.79 Å². The number of nitrogens with zero attached hydrogens (tertiary/aromatic N) is 2. The highest BCUT2D eigenvalue weighted by atomic mass is 16.5. The number of amides is 2. The Morgan fingerprint density at radius 2 is 1.97 bits per heavy atom. The molecule has 0 spiro atoms. The molecular weight excluding hydrogens is 454 g/mol. The Hall–Kier alpha value is -4.28. The van der Waals surface area contributed by atoms with Crippen molar-refractivity contribution in [2.45, 2.75) is 39.3 Å². The van der Waals surface area contributed by atoms with Gasteiger partial charge in [0.2, 0.25) is 5.91 Å². The maximum atomic E-state index is 13.3. The Morgan fingerprint density at radius 1 is 1.20 bits per heavy atom. The lowest BCUT2D eigenvalue weighted by atomic mass is 10.1. The number of nitrogens with two attached hydrogens (primary N) is 1. The van der Waals surface area contributed by atoms with E-state index in [4.69, 9.17) is 14.9 Å². The van der Waals surface area contributed by atoms with Gasteiger partial charge in [0.05, 0.1) is 19.9 Å². The number of H-pyrrole nitrogens is 1. The largest absolute Gasteiger partial charge is 0.496 e. The van der Waals surface area contributed by atoms with Crippen LogP contribution in [0.1, 0.15) is 42.3 Å². The number of hydrogen-bond donors (Lipinski definition) is 3. The number of nitrogens with one attached hydrogen (secondary N) is 2. The van der Waals surface area contributed by atoms with E-state index >= 15 is 0 Å². The Labute approximate surface area is 201 Å². The van der Waals surface area contributed by atoms with Crippen LogP contribution in [0.2, 0.25) is 0 Å². The summed E-state index contributed by atoms with van der Waals surface area (Å²) in [6.07, 6.45) is 2.71. The average molecular weight is 484 g/mol. The topological polar surface area (TPSA) is 153 Å². The molecule has 0 aliphatic heterocycles. The van der Waals surface area contributed by atoms with Gasteiger partial charge in [0.1, 0.15) is 11.6 Å². The van der Waals surface area contributed by atoms with E-state index < -0.39 is 23.1 Å². The zero-order chi connectivity index (χ0) is 25.4. The highest BCUT2D eigenvalue weighted by Gasteiger charge is 2.25. The molecule has 2 amide bonds. The first-order chi connectivity index (χ1) is 16.9. The normalized spacial score (nSPS) is 10.7. The van der Waals surface area contributed by atoms with E-state index in [2.05, 4.69) is 10.3 Å². The number of benzene rings is 1. The van der Waals surface area contributed by atoms with Crippen LogP contribution in [0.4, 0.5) is 11.5 Å². The molecule has 2 heterocycles. The van der Waals surface area contributed by atoms with Crippen molar-refractivity contribution in [1.82, 2.24) is 14.9 Å². The van der Waals surface area contributed by atoms with Crippen molar-refractivity contribution in [2.24, 2.45) is 0 Å². The Balaban J connectivity index is 1.94. The van der Waals surface area contributed by atoms with Crippen LogP contribution in [0.25, 0.3) is 0 Å². The number of ether oxygens (including phenoxy) is 1. The predicted molar refractivity (Wildman–Crippen MR) is 130 cm³/mol. The molecule has 0 fully saturated rings. The van der Waals surface area contributed by atoms with Crippen molar-refractivity contribution in [3.8, 4) is 5.75 Å². The molecule has 3 rings (SSSR count). The second-order valence-corrected chi connectivity index (χ2v) is 7.77. The summed E-state index contributed by atoms with van der Waals surface area (Å²) in [6.45, 7) is 2.21. The number of aromatic amines is 1. The van der Waals surface area contributed by atoms with E-state index in [1.54, 1.807) is 30.3 Å². The molecule has 0 aliphatic carbocycles. The first-order valence-electron chi connectivity index (χ1n) is 11.2. The Morgan fingerprint density at radius 3 is 2.66 bits per heavy atom. The molecule has 0 saturated carbocycles. The fourth-order valence-corrected chi connectivity index (χ4v) is 3.59. The van der Waals surface area contributed by atoms with Crippen LogP contribution >= 0.6 is 0 Å². The van der Waals surface area contributed by atoms with Crippen LogP contribution in [-0.4, -0.2) is 35.0 Å². The van der Waals surface area contributed by atoms with Crippen LogP contribution in [-0.2, 0) is 17.9 Å². The Kier molecular flexibility index (Phi) is 8.49. The predicted octanol–water partition coefficient (Wildman–Crippen LogP) is 1.87. The van der Waals surface area contributed by atoms with Gasteiger partial charge in [0.25, 0.3) is 11.5 Å². The standard InChI is InChI=1S/C24H29N5O6/c1-3-4-13-28-21(25)20(23(32)27-24(28)33)29(15-16-8-5-6-9-17(16)34-2)19(30)11-12-26-22(31)18-10-7-14-35-18/h5-10,14H,3-4,11-13,15,25H2,1-2H3,(H,26,31)(H,27,32,33). The van der Waals surface area contributed by atoms with Crippen LogP contribution < -0.4 is 31.9 Å². The van der Waals surface area contributed by atoms with Gasteiger partial charge < -0.3 is 20.2 Å². The molecule has 4 N–H and O–H groups in total. The summed E-state index contributed by atoms with van der Waals surface area (Å²) in [5, 5.41) is 2.61.